The Balaban J connectivity index is 1.49. The largest absolute Gasteiger partial charge is 0.395 e. The first-order chi connectivity index (χ1) is 14.7. The van der Waals surface area contributed by atoms with E-state index in [1.807, 2.05) is 36.4 Å². The van der Waals surface area contributed by atoms with Crippen LogP contribution in [0.5, 0.6) is 0 Å². The van der Waals surface area contributed by atoms with E-state index in [9.17, 15) is 14.7 Å². The lowest BCUT2D eigenvalue weighted by atomic mass is 9.96. The molecule has 8 heteroatoms. The van der Waals surface area contributed by atoms with Gasteiger partial charge in [-0.15, -0.1) is 0 Å². The van der Waals surface area contributed by atoms with Crippen LogP contribution in [0.2, 0.25) is 0 Å². The average Bonchev–Trinajstić information content (AvgIpc) is 3.38. The van der Waals surface area contributed by atoms with Gasteiger partial charge in [0.05, 0.1) is 35.8 Å². The zero-order valence-corrected chi connectivity index (χ0v) is 16.4. The summed E-state index contributed by atoms with van der Waals surface area (Å²) >= 11 is 0. The molecule has 0 aliphatic carbocycles. The first kappa shape index (κ1) is 18.6. The molecule has 3 aromatic heterocycles. The lowest BCUT2D eigenvalue weighted by Crippen LogP contribution is -2.45. The zero-order valence-electron chi connectivity index (χ0n) is 16.4. The molecule has 1 aliphatic heterocycles. The lowest BCUT2D eigenvalue weighted by Gasteiger charge is -2.35. The minimum Gasteiger partial charge on any atom is -0.395 e. The number of amides is 1. The predicted molar refractivity (Wildman–Crippen MR) is 113 cm³/mol. The molecule has 4 aromatic rings. The smallest absolute Gasteiger partial charge is 0.326 e. The van der Waals surface area contributed by atoms with Crippen molar-refractivity contribution in [3.8, 4) is 0 Å². The third-order valence-corrected chi connectivity index (χ3v) is 6.02. The molecule has 3 N–H and O–H groups in total. The van der Waals surface area contributed by atoms with Crippen LogP contribution in [-0.4, -0.2) is 55.1 Å². The fraction of sp³-hybridized carbons (Fsp3) is 0.318. The SMILES string of the molecule is O=C(C(CO)c1ccccc1)N1CCC[C@@H](n2c(=O)[nH]c3cnc4[nH]ccc4c32)C1. The highest BCUT2D eigenvalue weighted by Crippen LogP contribution is 2.29. The Bertz CT molecular complexity index is 1260. The van der Waals surface area contributed by atoms with Crippen molar-refractivity contribution in [3.63, 3.8) is 0 Å². The van der Waals surface area contributed by atoms with Gasteiger partial charge in [0.15, 0.2) is 0 Å². The molecule has 0 saturated carbocycles. The standard InChI is InChI=1S/C22H23N5O3/c28-13-17(14-5-2-1-3-6-14)21(29)26-10-4-7-15(12-26)27-19-16-8-9-23-20(16)24-11-18(19)25-22(27)30/h1-3,5-6,8-9,11,15,17,28H,4,7,10,12-13H2,(H,23,24)(H,25,30)/t15-,17?/m1/s1. The molecular weight excluding hydrogens is 382 g/mol. The molecule has 30 heavy (non-hydrogen) atoms. The van der Waals surface area contributed by atoms with Gasteiger partial charge in [-0.25, -0.2) is 9.78 Å². The van der Waals surface area contributed by atoms with Crippen LogP contribution in [-0.2, 0) is 4.79 Å². The van der Waals surface area contributed by atoms with Gasteiger partial charge in [-0.3, -0.25) is 9.36 Å². The number of H-pyrrole nitrogens is 2. The average molecular weight is 405 g/mol. The molecule has 1 aromatic carbocycles. The number of hydrogen-bond donors (Lipinski definition) is 3. The summed E-state index contributed by atoms with van der Waals surface area (Å²) in [6.07, 6.45) is 5.07. The number of nitrogens with one attached hydrogen (secondary N) is 2. The number of likely N-dealkylation sites (tertiary alicyclic amines) is 1. The van der Waals surface area contributed by atoms with E-state index in [0.717, 1.165) is 35.0 Å². The van der Waals surface area contributed by atoms with Gasteiger partial charge in [-0.05, 0) is 24.5 Å². The highest BCUT2D eigenvalue weighted by Gasteiger charge is 2.31. The summed E-state index contributed by atoms with van der Waals surface area (Å²) in [4.78, 5) is 38.2. The molecule has 2 atom stereocenters. The molecule has 0 spiro atoms. The van der Waals surface area contributed by atoms with Crippen LogP contribution in [0.4, 0.5) is 0 Å². The van der Waals surface area contributed by atoms with Crippen molar-refractivity contribution in [2.75, 3.05) is 19.7 Å². The van der Waals surface area contributed by atoms with E-state index in [1.165, 1.54) is 0 Å². The minimum atomic E-state index is -0.592. The number of carbonyl (C=O) groups excluding carboxylic acids is 1. The van der Waals surface area contributed by atoms with Crippen LogP contribution in [0.25, 0.3) is 22.1 Å². The number of imidazole rings is 1. The third kappa shape index (κ3) is 3.00. The van der Waals surface area contributed by atoms with Crippen LogP contribution in [0.1, 0.15) is 30.4 Å². The summed E-state index contributed by atoms with van der Waals surface area (Å²) in [7, 11) is 0. The number of pyridine rings is 1. The van der Waals surface area contributed by atoms with E-state index in [2.05, 4.69) is 15.0 Å². The molecule has 1 unspecified atom stereocenters. The van der Waals surface area contributed by atoms with Crippen molar-refractivity contribution < 1.29 is 9.90 Å². The van der Waals surface area contributed by atoms with Gasteiger partial charge >= 0.3 is 5.69 Å². The number of aromatic nitrogens is 4. The van der Waals surface area contributed by atoms with E-state index >= 15 is 0 Å². The minimum absolute atomic E-state index is 0.102. The fourth-order valence-electron chi connectivity index (χ4n) is 4.57. The second-order valence-corrected chi connectivity index (χ2v) is 7.79. The summed E-state index contributed by atoms with van der Waals surface area (Å²) in [5, 5.41) is 10.8. The number of benzene rings is 1. The molecule has 1 fully saturated rings. The molecule has 0 bridgehead atoms. The van der Waals surface area contributed by atoms with Gasteiger partial charge in [0, 0.05) is 24.7 Å². The maximum absolute atomic E-state index is 13.2. The van der Waals surface area contributed by atoms with Gasteiger partial charge in [-0.1, -0.05) is 30.3 Å². The summed E-state index contributed by atoms with van der Waals surface area (Å²) in [6, 6.07) is 11.1. The van der Waals surface area contributed by atoms with Crippen LogP contribution >= 0.6 is 0 Å². The van der Waals surface area contributed by atoms with E-state index < -0.39 is 5.92 Å². The number of aliphatic hydroxyl groups excluding tert-OH is 1. The quantitative estimate of drug-likeness (QED) is 0.484. The number of aliphatic hydroxyl groups is 1. The van der Waals surface area contributed by atoms with Crippen molar-refractivity contribution in [3.05, 3.63) is 64.8 Å². The van der Waals surface area contributed by atoms with Gasteiger partial charge in [0.2, 0.25) is 5.91 Å². The van der Waals surface area contributed by atoms with Crippen LogP contribution in [0.3, 0.4) is 0 Å². The van der Waals surface area contributed by atoms with Gasteiger partial charge in [-0.2, -0.15) is 0 Å². The number of nitrogens with zero attached hydrogens (tertiary/aromatic N) is 3. The molecule has 154 valence electrons. The Kier molecular flexibility index (Phi) is 4.63. The molecule has 4 heterocycles. The predicted octanol–water partition coefficient (Wildman–Crippen LogP) is 2.15. The highest BCUT2D eigenvalue weighted by atomic mass is 16.3. The highest BCUT2D eigenvalue weighted by molar-refractivity contribution is 6.01. The molecule has 1 amide bonds. The molecule has 1 saturated heterocycles. The molecule has 8 nitrogen and oxygen atoms in total. The number of hydrogen-bond acceptors (Lipinski definition) is 4. The van der Waals surface area contributed by atoms with Gasteiger partial charge < -0.3 is 20.0 Å². The van der Waals surface area contributed by atoms with E-state index in [4.69, 9.17) is 0 Å². The van der Waals surface area contributed by atoms with E-state index in [0.29, 0.717) is 18.6 Å². The van der Waals surface area contributed by atoms with Crippen LogP contribution in [0, 0.1) is 0 Å². The van der Waals surface area contributed by atoms with Crippen LogP contribution < -0.4 is 5.69 Å². The Morgan fingerprint density at radius 3 is 2.90 bits per heavy atom. The second kappa shape index (κ2) is 7.46. The Morgan fingerprint density at radius 2 is 2.10 bits per heavy atom. The lowest BCUT2D eigenvalue weighted by molar-refractivity contribution is -0.135. The molecule has 1 aliphatic rings. The van der Waals surface area contributed by atoms with Crippen molar-refractivity contribution in [2.24, 2.45) is 0 Å². The Labute approximate surface area is 172 Å². The number of carbonyl (C=O) groups is 1. The van der Waals surface area contributed by atoms with E-state index in [1.54, 1.807) is 21.9 Å². The fourth-order valence-corrected chi connectivity index (χ4v) is 4.57. The van der Waals surface area contributed by atoms with Crippen molar-refractivity contribution in [1.82, 2.24) is 24.4 Å². The summed E-state index contributed by atoms with van der Waals surface area (Å²) < 4.78 is 1.77. The maximum atomic E-state index is 13.2. The summed E-state index contributed by atoms with van der Waals surface area (Å²) in [5.74, 6) is -0.694. The number of aromatic amines is 2. The maximum Gasteiger partial charge on any atom is 0.326 e. The molecular formula is C22H23N5O3. The zero-order chi connectivity index (χ0) is 20.7. The number of piperidine rings is 1. The number of rotatable bonds is 4. The Hall–Kier alpha value is -3.39. The Morgan fingerprint density at radius 1 is 1.27 bits per heavy atom. The molecule has 0 radical (unpaired) electrons. The topological polar surface area (TPSA) is 107 Å². The number of fused-ring (bicyclic) bond motifs is 3. The van der Waals surface area contributed by atoms with Gasteiger partial charge in [0.1, 0.15) is 5.65 Å². The normalized spacial score (nSPS) is 18.2. The molecule has 5 rings (SSSR count). The first-order valence-electron chi connectivity index (χ1n) is 10.2. The summed E-state index contributed by atoms with van der Waals surface area (Å²) in [6.45, 7) is 0.812. The van der Waals surface area contributed by atoms with Crippen molar-refractivity contribution in [1.29, 1.82) is 0 Å². The first-order valence-corrected chi connectivity index (χ1v) is 10.2. The second-order valence-electron chi connectivity index (χ2n) is 7.79. The third-order valence-electron chi connectivity index (χ3n) is 6.02. The van der Waals surface area contributed by atoms with Crippen molar-refractivity contribution in [2.45, 2.75) is 24.8 Å². The van der Waals surface area contributed by atoms with Gasteiger partial charge in [0.25, 0.3) is 0 Å². The van der Waals surface area contributed by atoms with Crippen LogP contribution in [0.15, 0.2) is 53.6 Å². The van der Waals surface area contributed by atoms with Crippen molar-refractivity contribution >= 4 is 28.0 Å². The summed E-state index contributed by atoms with van der Waals surface area (Å²) in [5.41, 5.74) is 2.84. The van der Waals surface area contributed by atoms with E-state index in [-0.39, 0.29) is 24.2 Å². The monoisotopic (exact) mass is 405 g/mol.